The van der Waals surface area contributed by atoms with E-state index in [2.05, 4.69) is 13.5 Å². The van der Waals surface area contributed by atoms with Crippen molar-refractivity contribution in [3.8, 4) is 0 Å². The van der Waals surface area contributed by atoms with Crippen molar-refractivity contribution in [3.05, 3.63) is 48.0 Å². The summed E-state index contributed by atoms with van der Waals surface area (Å²) in [5.74, 6) is -0.0916. The van der Waals surface area contributed by atoms with Crippen LogP contribution in [-0.2, 0) is 14.8 Å². The van der Waals surface area contributed by atoms with Crippen LogP contribution in [-0.4, -0.2) is 54.3 Å². The van der Waals surface area contributed by atoms with Gasteiger partial charge in [0.05, 0.1) is 24.9 Å². The number of fused-ring (bicyclic) bond motifs is 1. The maximum Gasteiger partial charge on any atom is 0.264 e. The molecule has 0 atom stereocenters. The summed E-state index contributed by atoms with van der Waals surface area (Å²) in [5, 5.41) is 0. The molecule has 8 nitrogen and oxygen atoms in total. The van der Waals surface area contributed by atoms with Gasteiger partial charge >= 0.3 is 0 Å². The van der Waals surface area contributed by atoms with E-state index in [1.807, 2.05) is 0 Å². The third kappa shape index (κ3) is 3.64. The number of nitrogens with zero attached hydrogens (tertiary/aromatic N) is 3. The summed E-state index contributed by atoms with van der Waals surface area (Å²) in [7, 11) is -3.82. The highest BCUT2D eigenvalue weighted by molar-refractivity contribution is 7.93. The molecule has 0 saturated carbocycles. The average molecular weight is 404 g/mol. The number of hydrogen-bond acceptors (Lipinski definition) is 7. The zero-order valence-electron chi connectivity index (χ0n) is 14.2. The van der Waals surface area contributed by atoms with E-state index in [9.17, 15) is 13.2 Å². The van der Waals surface area contributed by atoms with Crippen LogP contribution in [0.15, 0.2) is 47.4 Å². The number of nitrogens with one attached hydrogen (secondary N) is 1. The largest absolute Gasteiger partial charge is 0.378 e. The molecule has 4 rings (SSSR count). The highest BCUT2D eigenvalue weighted by Gasteiger charge is 2.21. The minimum Gasteiger partial charge on any atom is -0.378 e. The van der Waals surface area contributed by atoms with E-state index in [1.54, 1.807) is 41.3 Å². The number of amides is 1. The summed E-state index contributed by atoms with van der Waals surface area (Å²) in [6, 6.07) is 11.2. The van der Waals surface area contributed by atoms with Crippen LogP contribution in [0.1, 0.15) is 10.4 Å². The van der Waals surface area contributed by atoms with Gasteiger partial charge in [0.2, 0.25) is 0 Å². The summed E-state index contributed by atoms with van der Waals surface area (Å²) in [6.07, 6.45) is 0. The maximum absolute atomic E-state index is 12.7. The Morgan fingerprint density at radius 3 is 2.56 bits per heavy atom. The first-order valence-electron chi connectivity index (χ1n) is 8.26. The number of rotatable bonds is 4. The number of carbonyl (C=O) groups excluding carboxylic acids is 1. The molecule has 1 N–H and O–H groups in total. The highest BCUT2D eigenvalue weighted by Crippen LogP contribution is 2.24. The lowest BCUT2D eigenvalue weighted by Gasteiger charge is -2.26. The first-order valence-corrected chi connectivity index (χ1v) is 10.5. The van der Waals surface area contributed by atoms with Crippen LogP contribution in [0.5, 0.6) is 0 Å². The molecule has 1 fully saturated rings. The Morgan fingerprint density at radius 1 is 1.07 bits per heavy atom. The normalized spacial score (nSPS) is 15.0. The van der Waals surface area contributed by atoms with Gasteiger partial charge in [-0.1, -0.05) is 6.07 Å². The number of aromatic nitrogens is 2. The molecular formula is C17H16N4O4S2. The van der Waals surface area contributed by atoms with Gasteiger partial charge in [0.1, 0.15) is 15.9 Å². The Bertz CT molecular complexity index is 1070. The van der Waals surface area contributed by atoms with E-state index in [1.165, 1.54) is 6.07 Å². The molecule has 2 heterocycles. The Kier molecular flexibility index (Phi) is 4.77. The van der Waals surface area contributed by atoms with Crippen molar-refractivity contribution < 1.29 is 17.9 Å². The second-order valence-corrected chi connectivity index (χ2v) is 8.15. The lowest BCUT2D eigenvalue weighted by Crippen LogP contribution is -2.40. The van der Waals surface area contributed by atoms with Crippen LogP contribution in [0, 0.1) is 0 Å². The van der Waals surface area contributed by atoms with E-state index in [4.69, 9.17) is 4.74 Å². The minimum absolute atomic E-state index is 0.0715. The molecule has 1 amide bonds. The van der Waals surface area contributed by atoms with Gasteiger partial charge in [0.15, 0.2) is 0 Å². The van der Waals surface area contributed by atoms with Crippen LogP contribution < -0.4 is 4.72 Å². The fraction of sp³-hybridized carbons (Fsp3) is 0.235. The van der Waals surface area contributed by atoms with E-state index in [-0.39, 0.29) is 10.8 Å². The van der Waals surface area contributed by atoms with Gasteiger partial charge in [-0.15, -0.1) is 0 Å². The molecule has 2 aromatic carbocycles. The van der Waals surface area contributed by atoms with Gasteiger partial charge in [0.25, 0.3) is 15.9 Å². The Hall–Kier alpha value is -2.56. The Labute approximate surface area is 160 Å². The van der Waals surface area contributed by atoms with Crippen molar-refractivity contribution in [2.24, 2.45) is 0 Å². The molecule has 1 aliphatic heterocycles. The SMILES string of the molecule is O=C(c1ccc(NS(=O)(=O)c2cccc3nsnc23)cc1)N1CCOCC1. The van der Waals surface area contributed by atoms with Crippen molar-refractivity contribution in [1.29, 1.82) is 0 Å². The molecule has 140 valence electrons. The van der Waals surface area contributed by atoms with Gasteiger partial charge < -0.3 is 9.64 Å². The molecular weight excluding hydrogens is 388 g/mol. The van der Waals surface area contributed by atoms with Crippen molar-refractivity contribution in [2.45, 2.75) is 4.90 Å². The summed E-state index contributed by atoms with van der Waals surface area (Å²) < 4.78 is 41.3. The van der Waals surface area contributed by atoms with E-state index in [0.717, 1.165) is 11.7 Å². The summed E-state index contributed by atoms with van der Waals surface area (Å²) in [4.78, 5) is 14.2. The monoisotopic (exact) mass is 404 g/mol. The van der Waals surface area contributed by atoms with Crippen molar-refractivity contribution in [2.75, 3.05) is 31.0 Å². The molecule has 0 unspecified atom stereocenters. The fourth-order valence-corrected chi connectivity index (χ4v) is 4.66. The molecule has 0 radical (unpaired) electrons. The predicted octanol–water partition coefficient (Wildman–Crippen LogP) is 1.96. The van der Waals surface area contributed by atoms with Crippen LogP contribution in [0.4, 0.5) is 5.69 Å². The van der Waals surface area contributed by atoms with Gasteiger partial charge in [0, 0.05) is 24.3 Å². The third-order valence-electron chi connectivity index (χ3n) is 4.22. The summed E-state index contributed by atoms with van der Waals surface area (Å²) >= 11 is 0.965. The lowest BCUT2D eigenvalue weighted by molar-refractivity contribution is 0.0303. The number of anilines is 1. The van der Waals surface area contributed by atoms with Gasteiger partial charge in [-0.25, -0.2) is 8.42 Å². The predicted molar refractivity (Wildman–Crippen MR) is 101 cm³/mol. The smallest absolute Gasteiger partial charge is 0.264 e. The Morgan fingerprint density at radius 2 is 1.81 bits per heavy atom. The molecule has 1 saturated heterocycles. The molecule has 27 heavy (non-hydrogen) atoms. The van der Waals surface area contributed by atoms with E-state index < -0.39 is 10.0 Å². The fourth-order valence-electron chi connectivity index (χ4n) is 2.84. The first kappa shape index (κ1) is 17.8. The molecule has 0 aliphatic carbocycles. The standard InChI is InChI=1S/C17H16N4O4S2/c22-17(21-8-10-25-11-9-21)12-4-6-13(7-5-12)20-27(23,24)15-3-1-2-14-16(15)19-26-18-14/h1-7,20H,8-11H2. The van der Waals surface area contributed by atoms with Crippen LogP contribution in [0.25, 0.3) is 11.0 Å². The highest BCUT2D eigenvalue weighted by atomic mass is 32.2. The maximum atomic E-state index is 12.7. The molecule has 0 spiro atoms. The zero-order valence-corrected chi connectivity index (χ0v) is 15.8. The Balaban J connectivity index is 1.54. The van der Waals surface area contributed by atoms with Crippen molar-refractivity contribution in [3.63, 3.8) is 0 Å². The number of ether oxygens (including phenoxy) is 1. The number of hydrogen-bond donors (Lipinski definition) is 1. The van der Waals surface area contributed by atoms with Gasteiger partial charge in [-0.05, 0) is 36.4 Å². The quantitative estimate of drug-likeness (QED) is 0.713. The second kappa shape index (κ2) is 7.22. The molecule has 1 aliphatic rings. The first-order chi connectivity index (χ1) is 13.0. The molecule has 0 bridgehead atoms. The lowest BCUT2D eigenvalue weighted by atomic mass is 10.2. The minimum atomic E-state index is -3.82. The molecule has 10 heteroatoms. The average Bonchev–Trinajstić information content (AvgIpc) is 3.17. The number of benzene rings is 2. The van der Waals surface area contributed by atoms with Gasteiger partial charge in [-0.3, -0.25) is 9.52 Å². The number of morpholine rings is 1. The third-order valence-corrected chi connectivity index (χ3v) is 6.18. The molecule has 3 aromatic rings. The van der Waals surface area contributed by atoms with Gasteiger partial charge in [-0.2, -0.15) is 8.75 Å². The van der Waals surface area contributed by atoms with E-state index >= 15 is 0 Å². The van der Waals surface area contributed by atoms with Crippen LogP contribution in [0.2, 0.25) is 0 Å². The van der Waals surface area contributed by atoms with Crippen molar-refractivity contribution in [1.82, 2.24) is 13.6 Å². The summed E-state index contributed by atoms with van der Waals surface area (Å²) in [6.45, 7) is 2.17. The number of sulfonamides is 1. The van der Waals surface area contributed by atoms with Crippen LogP contribution >= 0.6 is 11.7 Å². The summed E-state index contributed by atoms with van der Waals surface area (Å²) in [5.41, 5.74) is 1.75. The second-order valence-electron chi connectivity index (χ2n) is 5.98. The van der Waals surface area contributed by atoms with Crippen molar-refractivity contribution >= 4 is 44.4 Å². The zero-order chi connectivity index (χ0) is 18.9. The molecule has 1 aromatic heterocycles. The van der Waals surface area contributed by atoms with Crippen LogP contribution in [0.3, 0.4) is 0 Å². The number of carbonyl (C=O) groups is 1. The topological polar surface area (TPSA) is 101 Å². The van der Waals surface area contributed by atoms with E-state index in [0.29, 0.717) is 48.6 Å².